The average molecular weight is 222 g/mol. The van der Waals surface area contributed by atoms with Crippen molar-refractivity contribution in [2.45, 2.75) is 0 Å². The molecule has 0 heterocycles. The molecule has 0 unspecified atom stereocenters. The summed E-state index contributed by atoms with van der Waals surface area (Å²) in [4.78, 5) is 0. The molecular weight excluding hydrogens is 216 g/mol. The molecule has 0 amide bonds. The van der Waals surface area contributed by atoms with Gasteiger partial charge in [0.05, 0.1) is 0 Å². The monoisotopic (exact) mass is 222 g/mol. The molecule has 0 aliphatic heterocycles. The minimum absolute atomic E-state index is 0. The fraction of sp³-hybridized carbons (Fsp3) is 0. The van der Waals surface area contributed by atoms with Gasteiger partial charge in [-0.05, 0) is 0 Å². The quantitative estimate of drug-likeness (QED) is 0.287. The Morgan fingerprint density at radius 2 is 0.727 bits per heavy atom. The molecule has 68 valence electrons. The van der Waals surface area contributed by atoms with E-state index in [0.717, 1.165) is 0 Å². The molecule has 0 atom stereocenters. The zero-order chi connectivity index (χ0) is 9.00. The van der Waals surface area contributed by atoms with Gasteiger partial charge in [-0.2, -0.15) is 16.8 Å². The maximum absolute atomic E-state index is 8.74. The summed E-state index contributed by atoms with van der Waals surface area (Å²) < 4.78 is 63.2. The molecule has 0 radical (unpaired) electrons. The van der Waals surface area contributed by atoms with Crippen LogP contribution in [0.3, 0.4) is 0 Å². The Hall–Kier alpha value is 0.506. The molecule has 0 saturated heterocycles. The average Bonchev–Trinajstić information content (AvgIpc) is 1.12. The normalized spacial score (nSPS) is 10.5. The second kappa shape index (κ2) is 6.07. The Morgan fingerprint density at radius 3 is 0.727 bits per heavy atom. The summed E-state index contributed by atoms with van der Waals surface area (Å²) in [5, 5.41) is 0. The summed E-state index contributed by atoms with van der Waals surface area (Å²) >= 11 is 0. The van der Waals surface area contributed by atoms with Crippen molar-refractivity contribution in [1.82, 2.24) is 0 Å². The number of rotatable bonds is 0. The van der Waals surface area contributed by atoms with Gasteiger partial charge in [0.15, 0.2) is 0 Å². The molecule has 4 N–H and O–H groups in total. The molecule has 0 aromatic carbocycles. The molecule has 0 aliphatic carbocycles. The van der Waals surface area contributed by atoms with Crippen molar-refractivity contribution >= 4 is 43.9 Å². The van der Waals surface area contributed by atoms with Crippen molar-refractivity contribution in [2.24, 2.45) is 0 Å². The van der Waals surface area contributed by atoms with E-state index >= 15 is 0 Å². The van der Waals surface area contributed by atoms with Gasteiger partial charge in [-0.25, -0.2) is 0 Å². The van der Waals surface area contributed by atoms with E-state index in [1.165, 1.54) is 0 Å². The summed E-state index contributed by atoms with van der Waals surface area (Å²) in [5.41, 5.74) is 0. The van der Waals surface area contributed by atoms with Crippen LogP contribution >= 0.6 is 0 Å². The van der Waals surface area contributed by atoms with Crippen LogP contribution in [-0.2, 0) is 20.8 Å². The second-order valence-electron chi connectivity index (χ2n) is 0.896. The molecule has 11 heteroatoms. The predicted octanol–water partition coefficient (Wildman–Crippen LogP) is -1.46. The summed E-state index contributed by atoms with van der Waals surface area (Å²) in [7, 11) is -9.33. The summed E-state index contributed by atoms with van der Waals surface area (Å²) in [5.74, 6) is 0. The first-order chi connectivity index (χ1) is 4.00. The van der Waals surface area contributed by atoms with E-state index in [-0.39, 0.29) is 25.9 Å². The van der Waals surface area contributed by atoms with Crippen LogP contribution in [0, 0.1) is 0 Å². The van der Waals surface area contributed by atoms with Gasteiger partial charge in [-0.3, -0.25) is 18.2 Å². The maximum atomic E-state index is 8.74. The molecule has 0 aliphatic rings. The third kappa shape index (κ3) is 2970. The molecular formula is H6MgO8S2. The zero-order valence-electron chi connectivity index (χ0n) is 6.95. The number of hydrogen-bond acceptors (Lipinski definition) is 4. The van der Waals surface area contributed by atoms with Gasteiger partial charge >= 0.3 is 43.9 Å². The van der Waals surface area contributed by atoms with Crippen LogP contribution < -0.4 is 0 Å². The van der Waals surface area contributed by atoms with E-state index in [9.17, 15) is 0 Å². The first kappa shape index (κ1) is 17.6. The fourth-order valence-electron chi connectivity index (χ4n) is 0. The van der Waals surface area contributed by atoms with E-state index in [2.05, 4.69) is 0 Å². The van der Waals surface area contributed by atoms with Gasteiger partial charge in [0.1, 0.15) is 0 Å². The van der Waals surface area contributed by atoms with Crippen molar-refractivity contribution < 1.29 is 37.9 Å². The zero-order valence-corrected chi connectivity index (χ0v) is 7.99. The molecule has 0 saturated carbocycles. The molecule has 0 fully saturated rings. The largest absolute Gasteiger partial charge is 2.00 e. The Morgan fingerprint density at radius 1 is 0.727 bits per heavy atom. The van der Waals surface area contributed by atoms with Gasteiger partial charge in [0, 0.05) is 0 Å². The van der Waals surface area contributed by atoms with Crippen molar-refractivity contribution in [3.63, 3.8) is 0 Å². The van der Waals surface area contributed by atoms with E-state index < -0.39 is 20.8 Å². The smallest absolute Gasteiger partial charge is 1.00 e. The third-order valence-corrected chi connectivity index (χ3v) is 0. The van der Waals surface area contributed by atoms with E-state index in [4.69, 9.17) is 35.0 Å². The molecule has 0 spiro atoms. The molecule has 0 aromatic rings. The Bertz CT molecular complexity index is 217. The minimum atomic E-state index is -4.67. The SMILES string of the molecule is O=S(=O)(O)O.O=S(=O)(O)O.[H-].[H-].[Mg+2]. The van der Waals surface area contributed by atoms with Crippen LogP contribution in [0.1, 0.15) is 2.85 Å². The van der Waals surface area contributed by atoms with Crippen LogP contribution in [-0.4, -0.2) is 58.1 Å². The minimum Gasteiger partial charge on any atom is -1.00 e. The van der Waals surface area contributed by atoms with Gasteiger partial charge < -0.3 is 2.85 Å². The van der Waals surface area contributed by atoms with Crippen LogP contribution in [0.2, 0.25) is 0 Å². The molecule has 0 aromatic heterocycles. The Kier molecular flexibility index (Phi) is 9.69. The summed E-state index contributed by atoms with van der Waals surface area (Å²) in [6, 6.07) is 0. The van der Waals surface area contributed by atoms with Crippen LogP contribution in [0.25, 0.3) is 0 Å². The topological polar surface area (TPSA) is 149 Å². The van der Waals surface area contributed by atoms with Gasteiger partial charge in [-0.1, -0.05) is 0 Å². The first-order valence-corrected chi connectivity index (χ1v) is 4.19. The van der Waals surface area contributed by atoms with Crippen molar-refractivity contribution in [2.75, 3.05) is 0 Å². The second-order valence-corrected chi connectivity index (χ2v) is 2.69. The van der Waals surface area contributed by atoms with E-state index in [1.807, 2.05) is 0 Å². The van der Waals surface area contributed by atoms with Gasteiger partial charge in [0.25, 0.3) is 0 Å². The number of hydrogen-bond donors (Lipinski definition) is 4. The summed E-state index contributed by atoms with van der Waals surface area (Å²) in [6.45, 7) is 0. The predicted molar refractivity (Wildman–Crippen MR) is 36.3 cm³/mol. The van der Waals surface area contributed by atoms with Crippen LogP contribution in [0.4, 0.5) is 0 Å². The first-order valence-electron chi connectivity index (χ1n) is 1.40. The maximum Gasteiger partial charge on any atom is 2.00 e. The van der Waals surface area contributed by atoms with Crippen molar-refractivity contribution in [3.05, 3.63) is 0 Å². The molecule has 8 nitrogen and oxygen atoms in total. The Labute approximate surface area is 81.9 Å². The Balaban J connectivity index is -0.0000000267. The van der Waals surface area contributed by atoms with Crippen LogP contribution in [0.5, 0.6) is 0 Å². The standard InChI is InChI=1S/Mg.2H2O4S.2H/c;2*1-5(2,3)4;;/h;2*(H2,1,2,3,4);;/q+2;;;2*-1. The van der Waals surface area contributed by atoms with Crippen molar-refractivity contribution in [3.8, 4) is 0 Å². The van der Waals surface area contributed by atoms with Gasteiger partial charge in [0.2, 0.25) is 0 Å². The fourth-order valence-corrected chi connectivity index (χ4v) is 0. The van der Waals surface area contributed by atoms with Crippen LogP contribution in [0.15, 0.2) is 0 Å². The molecule has 0 rings (SSSR count). The molecule has 11 heavy (non-hydrogen) atoms. The summed E-state index contributed by atoms with van der Waals surface area (Å²) in [6.07, 6.45) is 0. The van der Waals surface area contributed by atoms with E-state index in [0.29, 0.717) is 0 Å². The van der Waals surface area contributed by atoms with E-state index in [1.54, 1.807) is 0 Å². The van der Waals surface area contributed by atoms with Gasteiger partial charge in [-0.15, -0.1) is 0 Å². The third-order valence-electron chi connectivity index (χ3n) is 0. The molecule has 0 bridgehead atoms. The van der Waals surface area contributed by atoms with Crippen molar-refractivity contribution in [1.29, 1.82) is 0 Å².